The van der Waals surface area contributed by atoms with Crippen molar-refractivity contribution in [3.05, 3.63) is 0 Å². The number of ketones is 1. The third-order valence-corrected chi connectivity index (χ3v) is 2.49. The van der Waals surface area contributed by atoms with Crippen LogP contribution in [0.1, 0.15) is 26.7 Å². The highest BCUT2D eigenvalue weighted by atomic mass is 16.1. The van der Waals surface area contributed by atoms with Crippen LogP contribution in [0.4, 0.5) is 0 Å². The Hall–Kier alpha value is -0.370. The van der Waals surface area contributed by atoms with Crippen molar-refractivity contribution < 1.29 is 4.79 Å². The topological polar surface area (TPSA) is 20.3 Å². The van der Waals surface area contributed by atoms with Crippen LogP contribution in [-0.2, 0) is 4.79 Å². The molecule has 1 heterocycles. The number of carbonyl (C=O) groups is 1. The van der Waals surface area contributed by atoms with Crippen LogP contribution in [0.3, 0.4) is 0 Å². The second-order valence-electron chi connectivity index (χ2n) is 3.41. The normalized spacial score (nSPS) is 20.9. The van der Waals surface area contributed by atoms with Gasteiger partial charge in [0.1, 0.15) is 5.78 Å². The van der Waals surface area contributed by atoms with E-state index in [1.807, 2.05) is 6.92 Å². The summed E-state index contributed by atoms with van der Waals surface area (Å²) < 4.78 is 0. The lowest BCUT2D eigenvalue weighted by Crippen LogP contribution is -2.41. The minimum Gasteiger partial charge on any atom is -0.298 e. The van der Waals surface area contributed by atoms with Crippen LogP contribution in [-0.4, -0.2) is 30.3 Å². The molecule has 0 amide bonds. The van der Waals surface area contributed by atoms with Gasteiger partial charge in [-0.3, -0.25) is 9.69 Å². The standard InChI is InChI=1S/C9H17NO/c1-3-8(2)9(11)7-10-5-4-6-10/h8H,3-7H2,1-2H3. The predicted molar refractivity (Wildman–Crippen MR) is 45.5 cm³/mol. The highest BCUT2D eigenvalue weighted by Crippen LogP contribution is 2.09. The zero-order valence-electron chi connectivity index (χ0n) is 7.47. The lowest BCUT2D eigenvalue weighted by molar-refractivity contribution is -0.124. The van der Waals surface area contributed by atoms with E-state index in [1.54, 1.807) is 0 Å². The molecule has 0 aromatic carbocycles. The molecular weight excluding hydrogens is 138 g/mol. The van der Waals surface area contributed by atoms with Crippen LogP contribution in [0.5, 0.6) is 0 Å². The molecule has 0 aliphatic carbocycles. The Morgan fingerprint density at radius 3 is 2.55 bits per heavy atom. The molecule has 1 aliphatic heterocycles. The summed E-state index contributed by atoms with van der Waals surface area (Å²) in [5, 5.41) is 0. The van der Waals surface area contributed by atoms with Crippen LogP contribution < -0.4 is 0 Å². The molecule has 0 saturated carbocycles. The predicted octanol–water partition coefficient (Wildman–Crippen LogP) is 1.31. The molecule has 1 rings (SSSR count). The van der Waals surface area contributed by atoms with Crippen molar-refractivity contribution in [2.24, 2.45) is 5.92 Å². The summed E-state index contributed by atoms with van der Waals surface area (Å²) in [4.78, 5) is 13.6. The van der Waals surface area contributed by atoms with Crippen molar-refractivity contribution in [2.75, 3.05) is 19.6 Å². The molecule has 1 saturated heterocycles. The minimum absolute atomic E-state index is 0.260. The number of Topliss-reactive ketones (excluding diaryl/α,β-unsaturated/α-hetero) is 1. The lowest BCUT2D eigenvalue weighted by Gasteiger charge is -2.30. The highest BCUT2D eigenvalue weighted by Gasteiger charge is 2.19. The second kappa shape index (κ2) is 3.86. The van der Waals surface area contributed by atoms with E-state index in [-0.39, 0.29) is 5.92 Å². The molecule has 0 aromatic rings. The highest BCUT2D eigenvalue weighted by molar-refractivity contribution is 5.82. The van der Waals surface area contributed by atoms with Crippen molar-refractivity contribution >= 4 is 5.78 Å². The molecule has 0 aromatic heterocycles. The zero-order valence-corrected chi connectivity index (χ0v) is 7.47. The van der Waals surface area contributed by atoms with Crippen molar-refractivity contribution in [1.29, 1.82) is 0 Å². The van der Waals surface area contributed by atoms with Crippen LogP contribution >= 0.6 is 0 Å². The number of nitrogens with zero attached hydrogens (tertiary/aromatic N) is 1. The van der Waals surface area contributed by atoms with E-state index < -0.39 is 0 Å². The first-order valence-corrected chi connectivity index (χ1v) is 4.49. The number of hydrogen-bond donors (Lipinski definition) is 0. The molecule has 1 unspecified atom stereocenters. The summed E-state index contributed by atoms with van der Waals surface area (Å²) >= 11 is 0. The molecule has 0 radical (unpaired) electrons. The fourth-order valence-electron chi connectivity index (χ4n) is 1.14. The van der Waals surface area contributed by atoms with Crippen molar-refractivity contribution in [2.45, 2.75) is 26.7 Å². The van der Waals surface area contributed by atoms with E-state index in [9.17, 15) is 4.79 Å². The zero-order chi connectivity index (χ0) is 8.27. The molecule has 1 aliphatic rings. The first-order chi connectivity index (χ1) is 5.24. The third-order valence-electron chi connectivity index (χ3n) is 2.49. The summed E-state index contributed by atoms with van der Waals surface area (Å²) in [5.74, 6) is 0.669. The molecule has 1 atom stereocenters. The van der Waals surface area contributed by atoms with E-state index in [0.717, 1.165) is 19.5 Å². The molecule has 11 heavy (non-hydrogen) atoms. The van der Waals surface area contributed by atoms with Gasteiger partial charge in [0.05, 0.1) is 6.54 Å². The van der Waals surface area contributed by atoms with Gasteiger partial charge >= 0.3 is 0 Å². The van der Waals surface area contributed by atoms with Gasteiger partial charge < -0.3 is 0 Å². The maximum absolute atomic E-state index is 11.3. The van der Waals surface area contributed by atoms with E-state index in [2.05, 4.69) is 11.8 Å². The molecule has 1 fully saturated rings. The van der Waals surface area contributed by atoms with Crippen LogP contribution in [0.15, 0.2) is 0 Å². The van der Waals surface area contributed by atoms with Crippen LogP contribution in [0.2, 0.25) is 0 Å². The molecule has 2 nitrogen and oxygen atoms in total. The summed E-state index contributed by atoms with van der Waals surface area (Å²) in [6.07, 6.45) is 2.25. The quantitative estimate of drug-likeness (QED) is 0.610. The number of hydrogen-bond acceptors (Lipinski definition) is 2. The second-order valence-corrected chi connectivity index (χ2v) is 3.41. The van der Waals surface area contributed by atoms with Gasteiger partial charge in [-0.15, -0.1) is 0 Å². The first-order valence-electron chi connectivity index (χ1n) is 4.49. The van der Waals surface area contributed by atoms with Crippen molar-refractivity contribution in [3.63, 3.8) is 0 Å². The fourth-order valence-corrected chi connectivity index (χ4v) is 1.14. The number of carbonyl (C=O) groups excluding carboxylic acids is 1. The van der Waals surface area contributed by atoms with Crippen LogP contribution in [0, 0.1) is 5.92 Å². The molecule has 2 heteroatoms. The summed E-state index contributed by atoms with van der Waals surface area (Å²) in [7, 11) is 0. The van der Waals surface area contributed by atoms with Gasteiger partial charge in [0.25, 0.3) is 0 Å². The average molecular weight is 155 g/mol. The summed E-state index contributed by atoms with van der Waals surface area (Å²) in [5.41, 5.74) is 0. The average Bonchev–Trinajstić information content (AvgIpc) is 1.94. The minimum atomic E-state index is 0.260. The first kappa shape index (κ1) is 8.72. The van der Waals surface area contributed by atoms with Crippen molar-refractivity contribution in [3.8, 4) is 0 Å². The Morgan fingerprint density at radius 2 is 2.18 bits per heavy atom. The lowest BCUT2D eigenvalue weighted by atomic mass is 10.0. The van der Waals surface area contributed by atoms with E-state index in [4.69, 9.17) is 0 Å². The third kappa shape index (κ3) is 2.29. The largest absolute Gasteiger partial charge is 0.298 e. The Bertz CT molecular complexity index is 140. The van der Waals surface area contributed by atoms with Gasteiger partial charge in [-0.05, 0) is 25.9 Å². The van der Waals surface area contributed by atoms with Gasteiger partial charge in [0, 0.05) is 5.92 Å². The molecule has 64 valence electrons. The monoisotopic (exact) mass is 155 g/mol. The van der Waals surface area contributed by atoms with E-state index >= 15 is 0 Å². The Labute approximate surface area is 68.6 Å². The smallest absolute Gasteiger partial charge is 0.149 e. The molecule has 0 bridgehead atoms. The van der Waals surface area contributed by atoms with Gasteiger partial charge in [-0.2, -0.15) is 0 Å². The summed E-state index contributed by atoms with van der Waals surface area (Å²) in [6.45, 7) is 7.03. The van der Waals surface area contributed by atoms with Gasteiger partial charge in [0.15, 0.2) is 0 Å². The fraction of sp³-hybridized carbons (Fsp3) is 0.889. The van der Waals surface area contributed by atoms with E-state index in [0.29, 0.717) is 12.3 Å². The Morgan fingerprint density at radius 1 is 1.55 bits per heavy atom. The SMILES string of the molecule is CCC(C)C(=O)CN1CCC1. The van der Waals surface area contributed by atoms with Gasteiger partial charge in [0.2, 0.25) is 0 Å². The maximum atomic E-state index is 11.3. The number of rotatable bonds is 4. The van der Waals surface area contributed by atoms with Crippen molar-refractivity contribution in [1.82, 2.24) is 4.90 Å². The summed E-state index contributed by atoms with van der Waals surface area (Å²) in [6, 6.07) is 0. The maximum Gasteiger partial charge on any atom is 0.149 e. The van der Waals surface area contributed by atoms with Crippen LogP contribution in [0.25, 0.3) is 0 Å². The molecule has 0 spiro atoms. The van der Waals surface area contributed by atoms with E-state index in [1.165, 1.54) is 6.42 Å². The van der Waals surface area contributed by atoms with Gasteiger partial charge in [-0.1, -0.05) is 13.8 Å². The van der Waals surface area contributed by atoms with Gasteiger partial charge in [-0.25, -0.2) is 0 Å². The Kier molecular flexibility index (Phi) is 3.06. The molecular formula is C9H17NO. The number of likely N-dealkylation sites (tertiary alicyclic amines) is 1. The Balaban J connectivity index is 2.19. The molecule has 0 N–H and O–H groups in total.